The van der Waals surface area contributed by atoms with Crippen LogP contribution in [-0.4, -0.2) is 9.97 Å². The van der Waals surface area contributed by atoms with Gasteiger partial charge in [-0.15, -0.1) is 0 Å². The molecular formula is C14H10ClN3S. The van der Waals surface area contributed by atoms with Crippen molar-refractivity contribution < 1.29 is 0 Å². The zero-order chi connectivity index (χ0) is 13.2. The van der Waals surface area contributed by atoms with Gasteiger partial charge in [0.05, 0.1) is 10.4 Å². The fraction of sp³-hybridized carbons (Fsp3) is 0. The summed E-state index contributed by atoms with van der Waals surface area (Å²) in [4.78, 5) is 9.52. The standard InChI is InChI=1S/C14H10ClN3S/c15-14-12(2-1-7-17-14)19-13-6-3-9-8-10(16)4-5-11(9)18-13/h1-8H,16H2. The highest BCUT2D eigenvalue weighted by Gasteiger charge is 2.05. The molecule has 0 fully saturated rings. The van der Waals surface area contributed by atoms with Gasteiger partial charge < -0.3 is 5.73 Å². The number of halogens is 1. The van der Waals surface area contributed by atoms with Crippen LogP contribution >= 0.6 is 23.4 Å². The Bertz CT molecular complexity index is 746. The first kappa shape index (κ1) is 12.3. The number of nitrogen functional groups attached to an aromatic ring is 1. The summed E-state index contributed by atoms with van der Waals surface area (Å²) in [7, 11) is 0. The molecule has 2 heterocycles. The van der Waals surface area contributed by atoms with Gasteiger partial charge >= 0.3 is 0 Å². The lowest BCUT2D eigenvalue weighted by Gasteiger charge is -2.04. The van der Waals surface area contributed by atoms with Gasteiger partial charge in [-0.3, -0.25) is 0 Å². The smallest absolute Gasteiger partial charge is 0.142 e. The summed E-state index contributed by atoms with van der Waals surface area (Å²) in [6, 6.07) is 13.4. The summed E-state index contributed by atoms with van der Waals surface area (Å²) in [5, 5.41) is 2.40. The average molecular weight is 288 g/mol. The van der Waals surface area contributed by atoms with E-state index in [4.69, 9.17) is 17.3 Å². The molecule has 3 aromatic rings. The highest BCUT2D eigenvalue weighted by Crippen LogP contribution is 2.31. The zero-order valence-electron chi connectivity index (χ0n) is 9.88. The summed E-state index contributed by atoms with van der Waals surface area (Å²) < 4.78 is 0. The normalized spacial score (nSPS) is 10.8. The maximum absolute atomic E-state index is 6.04. The first-order valence-electron chi connectivity index (χ1n) is 5.67. The summed E-state index contributed by atoms with van der Waals surface area (Å²) in [6.07, 6.45) is 1.67. The van der Waals surface area contributed by atoms with E-state index in [1.54, 1.807) is 6.20 Å². The predicted octanol–water partition coefficient (Wildman–Crippen LogP) is 4.02. The summed E-state index contributed by atoms with van der Waals surface area (Å²) in [6.45, 7) is 0. The second-order valence-corrected chi connectivity index (χ2v) is 5.42. The molecule has 0 aliphatic rings. The van der Waals surface area contributed by atoms with E-state index in [9.17, 15) is 0 Å². The van der Waals surface area contributed by atoms with Crippen LogP contribution in [0.3, 0.4) is 0 Å². The third kappa shape index (κ3) is 2.64. The van der Waals surface area contributed by atoms with Crippen molar-refractivity contribution in [2.75, 3.05) is 5.73 Å². The Hall–Kier alpha value is -1.78. The molecule has 5 heteroatoms. The van der Waals surface area contributed by atoms with Gasteiger partial charge in [0.25, 0.3) is 0 Å². The Kier molecular flexibility index (Phi) is 3.27. The van der Waals surface area contributed by atoms with E-state index in [0.717, 1.165) is 26.5 Å². The molecule has 0 radical (unpaired) electrons. The van der Waals surface area contributed by atoms with Gasteiger partial charge in [-0.25, -0.2) is 9.97 Å². The molecule has 0 aliphatic carbocycles. The van der Waals surface area contributed by atoms with Crippen molar-refractivity contribution in [3.63, 3.8) is 0 Å². The number of aromatic nitrogens is 2. The van der Waals surface area contributed by atoms with Crippen molar-refractivity contribution in [3.8, 4) is 0 Å². The van der Waals surface area contributed by atoms with Crippen LogP contribution in [0.1, 0.15) is 0 Å². The lowest BCUT2D eigenvalue weighted by atomic mass is 10.2. The van der Waals surface area contributed by atoms with E-state index in [1.165, 1.54) is 11.8 Å². The Morgan fingerprint density at radius 2 is 2.00 bits per heavy atom. The number of hydrogen-bond acceptors (Lipinski definition) is 4. The zero-order valence-corrected chi connectivity index (χ0v) is 11.4. The Morgan fingerprint density at radius 3 is 2.84 bits per heavy atom. The van der Waals surface area contributed by atoms with Crippen LogP contribution in [0.5, 0.6) is 0 Å². The molecule has 2 aromatic heterocycles. The summed E-state index contributed by atoms with van der Waals surface area (Å²) in [5.74, 6) is 0. The molecule has 2 N–H and O–H groups in total. The number of rotatable bonds is 2. The van der Waals surface area contributed by atoms with E-state index < -0.39 is 0 Å². The van der Waals surface area contributed by atoms with Crippen LogP contribution in [0.4, 0.5) is 5.69 Å². The van der Waals surface area contributed by atoms with Gasteiger partial charge in [0.2, 0.25) is 0 Å². The monoisotopic (exact) mass is 287 g/mol. The van der Waals surface area contributed by atoms with Crippen molar-refractivity contribution >= 4 is 40.0 Å². The second-order valence-electron chi connectivity index (χ2n) is 4.00. The fourth-order valence-corrected chi connectivity index (χ4v) is 2.77. The topological polar surface area (TPSA) is 51.8 Å². The Morgan fingerprint density at radius 1 is 1.11 bits per heavy atom. The second kappa shape index (κ2) is 5.07. The van der Waals surface area contributed by atoms with Crippen LogP contribution in [0.15, 0.2) is 58.6 Å². The molecular weight excluding hydrogens is 278 g/mol. The molecule has 1 aromatic carbocycles. The van der Waals surface area contributed by atoms with Gasteiger partial charge in [0.15, 0.2) is 0 Å². The third-order valence-electron chi connectivity index (χ3n) is 2.63. The summed E-state index contributed by atoms with van der Waals surface area (Å²) in [5.41, 5.74) is 7.40. The number of nitrogens with two attached hydrogens (primary N) is 1. The number of fused-ring (bicyclic) bond motifs is 1. The van der Waals surface area contributed by atoms with Gasteiger partial charge in [0.1, 0.15) is 10.2 Å². The van der Waals surface area contributed by atoms with Crippen molar-refractivity contribution in [1.82, 2.24) is 9.97 Å². The van der Waals surface area contributed by atoms with Crippen LogP contribution in [0.2, 0.25) is 5.15 Å². The minimum absolute atomic E-state index is 0.492. The molecule has 0 atom stereocenters. The SMILES string of the molecule is Nc1ccc2nc(Sc3cccnc3Cl)ccc2c1. The molecule has 0 saturated heterocycles. The number of hydrogen-bond donors (Lipinski definition) is 1. The van der Waals surface area contributed by atoms with Gasteiger partial charge in [-0.1, -0.05) is 29.4 Å². The number of nitrogens with zero attached hydrogens (tertiary/aromatic N) is 2. The molecule has 3 rings (SSSR count). The van der Waals surface area contributed by atoms with Crippen molar-refractivity contribution in [2.24, 2.45) is 0 Å². The molecule has 0 amide bonds. The van der Waals surface area contributed by atoms with Gasteiger partial charge in [0, 0.05) is 17.3 Å². The van der Waals surface area contributed by atoms with E-state index in [-0.39, 0.29) is 0 Å². The van der Waals surface area contributed by atoms with Crippen LogP contribution < -0.4 is 5.73 Å². The quantitative estimate of drug-likeness (QED) is 0.571. The summed E-state index contributed by atoms with van der Waals surface area (Å²) >= 11 is 7.53. The van der Waals surface area contributed by atoms with Crippen molar-refractivity contribution in [2.45, 2.75) is 9.92 Å². The molecule has 0 spiro atoms. The largest absolute Gasteiger partial charge is 0.399 e. The minimum atomic E-state index is 0.492. The minimum Gasteiger partial charge on any atom is -0.399 e. The van der Waals surface area contributed by atoms with Gasteiger partial charge in [-0.05, 0) is 36.4 Å². The lowest BCUT2D eigenvalue weighted by Crippen LogP contribution is -1.87. The van der Waals surface area contributed by atoms with Gasteiger partial charge in [-0.2, -0.15) is 0 Å². The highest BCUT2D eigenvalue weighted by molar-refractivity contribution is 7.99. The maximum atomic E-state index is 6.04. The van der Waals surface area contributed by atoms with E-state index in [0.29, 0.717) is 5.15 Å². The Balaban J connectivity index is 1.98. The lowest BCUT2D eigenvalue weighted by molar-refractivity contribution is 1.17. The fourth-order valence-electron chi connectivity index (χ4n) is 1.74. The Labute approximate surface area is 119 Å². The van der Waals surface area contributed by atoms with Crippen LogP contribution in [0.25, 0.3) is 10.9 Å². The first-order chi connectivity index (χ1) is 9.22. The van der Waals surface area contributed by atoms with E-state index in [2.05, 4.69) is 9.97 Å². The van der Waals surface area contributed by atoms with E-state index in [1.807, 2.05) is 42.5 Å². The van der Waals surface area contributed by atoms with Crippen LogP contribution in [0, 0.1) is 0 Å². The molecule has 0 saturated carbocycles. The molecule has 0 unspecified atom stereocenters. The molecule has 19 heavy (non-hydrogen) atoms. The molecule has 3 nitrogen and oxygen atoms in total. The predicted molar refractivity (Wildman–Crippen MR) is 79.5 cm³/mol. The van der Waals surface area contributed by atoms with E-state index >= 15 is 0 Å². The first-order valence-corrected chi connectivity index (χ1v) is 6.86. The maximum Gasteiger partial charge on any atom is 0.142 e. The third-order valence-corrected chi connectivity index (χ3v) is 4.03. The highest BCUT2D eigenvalue weighted by atomic mass is 35.5. The van der Waals surface area contributed by atoms with Crippen LogP contribution in [-0.2, 0) is 0 Å². The number of pyridine rings is 2. The molecule has 0 bridgehead atoms. The molecule has 0 aliphatic heterocycles. The average Bonchev–Trinajstić information content (AvgIpc) is 2.41. The molecule has 94 valence electrons. The number of benzene rings is 1. The van der Waals surface area contributed by atoms with Crippen molar-refractivity contribution in [3.05, 3.63) is 53.8 Å². The van der Waals surface area contributed by atoms with Crippen molar-refractivity contribution in [1.29, 1.82) is 0 Å². The number of anilines is 1.